The Hall–Kier alpha value is -4.96. The van der Waals surface area contributed by atoms with Crippen LogP contribution in [0.3, 0.4) is 0 Å². The van der Waals surface area contributed by atoms with E-state index in [0.29, 0.717) is 30.3 Å². The maximum Gasteiger partial charge on any atom is 0.253 e. The summed E-state index contributed by atoms with van der Waals surface area (Å²) in [4.78, 5) is 33.6. The number of fused-ring (bicyclic) bond motifs is 2. The van der Waals surface area contributed by atoms with Crippen molar-refractivity contribution in [2.24, 2.45) is 0 Å². The fourth-order valence-corrected chi connectivity index (χ4v) is 6.30. The van der Waals surface area contributed by atoms with E-state index in [2.05, 4.69) is 29.9 Å². The molecule has 213 valence electrons. The van der Waals surface area contributed by atoms with Gasteiger partial charge in [-0.1, -0.05) is 18.2 Å². The third kappa shape index (κ3) is 4.64. The Morgan fingerprint density at radius 3 is 2.67 bits per heavy atom. The highest BCUT2D eigenvalue weighted by atomic mass is 19.1. The SMILES string of the molecule is O=C(c1ccc(-c2ccc3ccncc3c2)c(F)c1)N1CCC(N2C[C](n3cc(-c4ncnc5[nH]ccc45)cn3)C2)CC1. The summed E-state index contributed by atoms with van der Waals surface area (Å²) in [5, 5.41) is 7.57. The second-order valence-electron chi connectivity index (χ2n) is 11.3. The van der Waals surface area contributed by atoms with Crippen LogP contribution in [0.1, 0.15) is 23.2 Å². The Labute approximate surface area is 247 Å². The maximum atomic E-state index is 15.2. The molecule has 0 spiro atoms. The summed E-state index contributed by atoms with van der Waals surface area (Å²) in [6.07, 6.45) is 12.6. The lowest BCUT2D eigenvalue weighted by Gasteiger charge is -2.46. The van der Waals surface area contributed by atoms with Gasteiger partial charge in [0.15, 0.2) is 0 Å². The van der Waals surface area contributed by atoms with Crippen molar-refractivity contribution >= 4 is 27.7 Å². The van der Waals surface area contributed by atoms with Crippen LogP contribution in [-0.4, -0.2) is 77.6 Å². The van der Waals surface area contributed by atoms with Crippen molar-refractivity contribution in [3.05, 3.63) is 103 Å². The zero-order valence-electron chi connectivity index (χ0n) is 23.3. The fraction of sp³-hybridized carbons (Fsp3) is 0.212. The molecule has 43 heavy (non-hydrogen) atoms. The normalized spacial score (nSPS) is 16.6. The molecule has 2 aliphatic rings. The third-order valence-electron chi connectivity index (χ3n) is 8.74. The Kier molecular flexibility index (Phi) is 6.22. The number of nitrogens with zero attached hydrogens (tertiary/aromatic N) is 7. The second-order valence-corrected chi connectivity index (χ2v) is 11.3. The molecule has 2 aliphatic heterocycles. The first-order valence-corrected chi connectivity index (χ1v) is 14.5. The van der Waals surface area contributed by atoms with Crippen LogP contribution >= 0.6 is 0 Å². The summed E-state index contributed by atoms with van der Waals surface area (Å²) in [5.41, 5.74) is 4.27. The van der Waals surface area contributed by atoms with E-state index in [0.717, 1.165) is 64.6 Å². The van der Waals surface area contributed by atoms with Gasteiger partial charge in [0.25, 0.3) is 5.91 Å². The molecule has 0 bridgehead atoms. The van der Waals surface area contributed by atoms with E-state index in [4.69, 9.17) is 0 Å². The van der Waals surface area contributed by atoms with Gasteiger partial charge in [-0.2, -0.15) is 5.10 Å². The van der Waals surface area contributed by atoms with Crippen LogP contribution in [0.25, 0.3) is 44.2 Å². The zero-order chi connectivity index (χ0) is 28.9. The number of hydrogen-bond acceptors (Lipinski definition) is 6. The van der Waals surface area contributed by atoms with E-state index >= 15 is 4.39 Å². The number of amides is 1. The quantitative estimate of drug-likeness (QED) is 0.307. The van der Waals surface area contributed by atoms with Crippen molar-refractivity contribution in [1.29, 1.82) is 0 Å². The topological polar surface area (TPSA) is 95.8 Å². The molecule has 2 aromatic carbocycles. The lowest BCUT2D eigenvalue weighted by Crippen LogP contribution is -2.56. The van der Waals surface area contributed by atoms with Gasteiger partial charge in [0, 0.05) is 84.5 Å². The van der Waals surface area contributed by atoms with Gasteiger partial charge in [-0.25, -0.2) is 14.4 Å². The molecule has 0 unspecified atom stereocenters. The molecule has 1 amide bonds. The number of likely N-dealkylation sites (tertiary alicyclic amines) is 2. The number of halogens is 1. The van der Waals surface area contributed by atoms with Crippen LogP contribution in [-0.2, 0) is 0 Å². The van der Waals surface area contributed by atoms with E-state index in [1.165, 1.54) is 12.1 Å². The Balaban J connectivity index is 0.875. The molecule has 8 rings (SSSR count). The second kappa shape index (κ2) is 10.4. The molecule has 0 saturated carbocycles. The monoisotopic (exact) mass is 571 g/mol. The summed E-state index contributed by atoms with van der Waals surface area (Å²) < 4.78 is 17.2. The summed E-state index contributed by atoms with van der Waals surface area (Å²) in [6, 6.07) is 16.1. The molecule has 2 saturated heterocycles. The van der Waals surface area contributed by atoms with E-state index < -0.39 is 5.82 Å². The predicted molar refractivity (Wildman–Crippen MR) is 161 cm³/mol. The summed E-state index contributed by atoms with van der Waals surface area (Å²) in [6.45, 7) is 3.01. The van der Waals surface area contributed by atoms with E-state index in [1.807, 2.05) is 58.5 Å². The molecule has 0 atom stereocenters. The molecule has 4 aromatic heterocycles. The zero-order valence-corrected chi connectivity index (χ0v) is 23.3. The number of carbonyl (C=O) groups excluding carboxylic acids is 1. The first-order valence-electron chi connectivity index (χ1n) is 14.5. The van der Waals surface area contributed by atoms with Crippen molar-refractivity contribution in [1.82, 2.24) is 39.5 Å². The number of hydrogen-bond donors (Lipinski definition) is 1. The van der Waals surface area contributed by atoms with Crippen molar-refractivity contribution in [3.8, 4) is 22.4 Å². The average molecular weight is 572 g/mol. The molecular formula is C33H28FN8O. The van der Waals surface area contributed by atoms with Gasteiger partial charge in [0.2, 0.25) is 0 Å². The molecule has 1 N–H and O–H groups in total. The van der Waals surface area contributed by atoms with Gasteiger partial charge in [0.1, 0.15) is 23.8 Å². The summed E-state index contributed by atoms with van der Waals surface area (Å²) in [5.74, 6) is -0.514. The van der Waals surface area contributed by atoms with E-state index in [9.17, 15) is 4.79 Å². The van der Waals surface area contributed by atoms with Gasteiger partial charge >= 0.3 is 0 Å². The lowest BCUT2D eigenvalue weighted by molar-refractivity contribution is 0.0514. The van der Waals surface area contributed by atoms with Gasteiger partial charge < -0.3 is 9.88 Å². The average Bonchev–Trinajstić information content (AvgIpc) is 3.70. The Bertz CT molecular complexity index is 1970. The molecule has 6 heterocycles. The molecular weight excluding hydrogens is 543 g/mol. The molecule has 10 heteroatoms. The van der Waals surface area contributed by atoms with Crippen LogP contribution in [0.5, 0.6) is 0 Å². The lowest BCUT2D eigenvalue weighted by atomic mass is 9.96. The van der Waals surface area contributed by atoms with Crippen LogP contribution in [0, 0.1) is 11.9 Å². The van der Waals surface area contributed by atoms with Crippen molar-refractivity contribution in [3.63, 3.8) is 0 Å². The number of aromatic nitrogens is 6. The van der Waals surface area contributed by atoms with Crippen LogP contribution in [0.2, 0.25) is 0 Å². The number of benzene rings is 2. The molecule has 9 nitrogen and oxygen atoms in total. The van der Waals surface area contributed by atoms with Crippen molar-refractivity contribution < 1.29 is 9.18 Å². The number of piperidine rings is 1. The maximum absolute atomic E-state index is 15.2. The Morgan fingerprint density at radius 2 is 1.81 bits per heavy atom. The largest absolute Gasteiger partial charge is 0.346 e. The first kappa shape index (κ1) is 25.7. The highest BCUT2D eigenvalue weighted by Gasteiger charge is 2.37. The van der Waals surface area contributed by atoms with Gasteiger partial charge in [0.05, 0.1) is 11.9 Å². The minimum Gasteiger partial charge on any atom is -0.346 e. The third-order valence-corrected chi connectivity index (χ3v) is 8.74. The number of nitrogens with one attached hydrogen (secondary N) is 1. The van der Waals surface area contributed by atoms with Crippen LogP contribution in [0.15, 0.2) is 85.8 Å². The highest BCUT2D eigenvalue weighted by molar-refractivity contribution is 5.95. The standard InChI is InChI=1S/C33H28FN8O/c34-30-14-23(3-4-28(30)22-2-1-21-5-9-35-15-24(21)13-22)33(43)40-11-7-26(8-12-40)41-18-27(19-41)42-17-25(16-39-42)31-29-6-10-36-32(29)38-20-37-31/h1-6,9-10,13-17,20,26H,7-8,11-12,18-19H2,(H,36,37,38). The van der Waals surface area contributed by atoms with Crippen LogP contribution < -0.4 is 0 Å². The smallest absolute Gasteiger partial charge is 0.253 e. The van der Waals surface area contributed by atoms with Crippen LogP contribution in [0.4, 0.5) is 4.39 Å². The number of rotatable bonds is 5. The predicted octanol–water partition coefficient (Wildman–Crippen LogP) is 5.18. The van der Waals surface area contributed by atoms with Crippen molar-refractivity contribution in [2.75, 3.05) is 26.2 Å². The Morgan fingerprint density at radius 1 is 0.930 bits per heavy atom. The van der Waals surface area contributed by atoms with Gasteiger partial charge in [-0.3, -0.25) is 19.4 Å². The molecule has 0 aliphatic carbocycles. The molecule has 6 aromatic rings. The number of carbonyl (C=O) groups is 1. The minimum absolute atomic E-state index is 0.118. The molecule has 1 radical (unpaired) electrons. The first-order chi connectivity index (χ1) is 21.1. The van der Waals surface area contributed by atoms with Gasteiger partial charge in [-0.05, 0) is 54.1 Å². The van der Waals surface area contributed by atoms with Crippen molar-refractivity contribution in [2.45, 2.75) is 18.9 Å². The fourth-order valence-electron chi connectivity index (χ4n) is 6.30. The summed E-state index contributed by atoms with van der Waals surface area (Å²) in [7, 11) is 0. The minimum atomic E-state index is -0.397. The van der Waals surface area contributed by atoms with E-state index in [-0.39, 0.29) is 5.91 Å². The van der Waals surface area contributed by atoms with E-state index in [1.54, 1.807) is 30.9 Å². The number of aromatic amines is 1. The summed E-state index contributed by atoms with van der Waals surface area (Å²) >= 11 is 0. The highest BCUT2D eigenvalue weighted by Crippen LogP contribution is 2.31. The number of pyridine rings is 1. The van der Waals surface area contributed by atoms with Gasteiger partial charge in [-0.15, -0.1) is 0 Å². The number of H-pyrrole nitrogens is 1. The molecule has 2 fully saturated rings.